The molecule has 0 spiro atoms. The molecule has 1 aromatic rings. The highest BCUT2D eigenvalue weighted by Crippen LogP contribution is 2.41. The summed E-state index contributed by atoms with van der Waals surface area (Å²) >= 11 is 1.49. The Kier molecular flexibility index (Phi) is 5.99. The zero-order valence-corrected chi connectivity index (χ0v) is 15.3. The summed E-state index contributed by atoms with van der Waals surface area (Å²) in [5, 5.41) is 12.7. The Morgan fingerprint density at radius 2 is 2.00 bits per heavy atom. The molecule has 8 heteroatoms. The topological polar surface area (TPSA) is 72.3 Å². The minimum atomic E-state index is 0.0759. The number of ether oxygens (including phenoxy) is 1. The molecule has 7 nitrogen and oxygen atoms in total. The van der Waals surface area contributed by atoms with Gasteiger partial charge in [0.2, 0.25) is 11.9 Å². The number of nitrogens with one attached hydrogen (secondary N) is 1. The number of carbonyl (C=O) groups excluding carboxylic acids is 1. The van der Waals surface area contributed by atoms with Crippen molar-refractivity contribution < 1.29 is 9.53 Å². The van der Waals surface area contributed by atoms with Gasteiger partial charge in [-0.1, -0.05) is 25.6 Å². The Morgan fingerprint density at radius 3 is 2.62 bits per heavy atom. The van der Waals surface area contributed by atoms with Crippen molar-refractivity contribution in [2.24, 2.45) is 0 Å². The minimum absolute atomic E-state index is 0.0759. The fourth-order valence-electron chi connectivity index (χ4n) is 2.89. The summed E-state index contributed by atoms with van der Waals surface area (Å²) in [6, 6.07) is 0.755. The maximum absolute atomic E-state index is 12.1. The van der Waals surface area contributed by atoms with Crippen molar-refractivity contribution in [2.45, 2.75) is 56.8 Å². The number of thioether (sulfide) groups is 1. The van der Waals surface area contributed by atoms with E-state index in [-0.39, 0.29) is 11.9 Å². The first-order chi connectivity index (χ1) is 11.7. The zero-order valence-electron chi connectivity index (χ0n) is 14.5. The van der Waals surface area contributed by atoms with Crippen LogP contribution in [0.2, 0.25) is 0 Å². The van der Waals surface area contributed by atoms with Gasteiger partial charge in [-0.15, -0.1) is 10.2 Å². The third-order valence-corrected chi connectivity index (χ3v) is 5.48. The highest BCUT2D eigenvalue weighted by atomic mass is 32.2. The second-order valence-electron chi connectivity index (χ2n) is 6.35. The molecule has 134 valence electrons. The van der Waals surface area contributed by atoms with Gasteiger partial charge >= 0.3 is 0 Å². The van der Waals surface area contributed by atoms with Crippen LogP contribution in [0.4, 0.5) is 5.95 Å². The Bertz CT molecular complexity index is 551. The second kappa shape index (κ2) is 8.20. The van der Waals surface area contributed by atoms with E-state index >= 15 is 0 Å². The number of hydrogen-bond donors (Lipinski definition) is 1. The van der Waals surface area contributed by atoms with Crippen LogP contribution < -0.4 is 10.2 Å². The van der Waals surface area contributed by atoms with Gasteiger partial charge in [0.15, 0.2) is 5.16 Å². The van der Waals surface area contributed by atoms with E-state index in [1.54, 1.807) is 0 Å². The summed E-state index contributed by atoms with van der Waals surface area (Å²) in [6.45, 7) is 7.37. The number of nitrogens with zero attached hydrogens (tertiary/aromatic N) is 4. The Balaban J connectivity index is 1.63. The van der Waals surface area contributed by atoms with Crippen LogP contribution in [0.5, 0.6) is 0 Å². The van der Waals surface area contributed by atoms with Crippen molar-refractivity contribution in [2.75, 3.05) is 37.0 Å². The van der Waals surface area contributed by atoms with Crippen molar-refractivity contribution >= 4 is 23.6 Å². The standard InChI is InChI=1S/C16H27N5O2S/c1-3-12(4-2)17-14(22)11-24-16-19-18-15(21(16)13-5-6-13)20-7-9-23-10-8-20/h12-13H,3-11H2,1-2H3,(H,17,22). The van der Waals surface area contributed by atoms with Crippen molar-refractivity contribution in [3.05, 3.63) is 0 Å². The van der Waals surface area contributed by atoms with Crippen LogP contribution in [0.3, 0.4) is 0 Å². The molecular formula is C16H27N5O2S. The molecule has 0 aromatic carbocycles. The number of morpholine rings is 1. The van der Waals surface area contributed by atoms with Crippen molar-refractivity contribution in [1.29, 1.82) is 0 Å². The van der Waals surface area contributed by atoms with E-state index in [0.29, 0.717) is 11.8 Å². The Morgan fingerprint density at radius 1 is 1.29 bits per heavy atom. The lowest BCUT2D eigenvalue weighted by Gasteiger charge is -2.27. The molecule has 1 saturated heterocycles. The number of amides is 1. The quantitative estimate of drug-likeness (QED) is 0.719. The van der Waals surface area contributed by atoms with E-state index in [2.05, 4.69) is 38.8 Å². The minimum Gasteiger partial charge on any atom is -0.378 e. The number of anilines is 1. The van der Waals surface area contributed by atoms with Gasteiger partial charge in [0, 0.05) is 25.2 Å². The van der Waals surface area contributed by atoms with Crippen LogP contribution in [0.15, 0.2) is 5.16 Å². The number of hydrogen-bond acceptors (Lipinski definition) is 6. The molecule has 1 aromatic heterocycles. The molecule has 24 heavy (non-hydrogen) atoms. The van der Waals surface area contributed by atoms with Gasteiger partial charge < -0.3 is 15.0 Å². The lowest BCUT2D eigenvalue weighted by molar-refractivity contribution is -0.119. The zero-order chi connectivity index (χ0) is 16.9. The summed E-state index contributed by atoms with van der Waals surface area (Å²) in [6.07, 6.45) is 4.27. The maximum Gasteiger partial charge on any atom is 0.230 e. The highest BCUT2D eigenvalue weighted by molar-refractivity contribution is 7.99. The van der Waals surface area contributed by atoms with Crippen LogP contribution in [0, 0.1) is 0 Å². The molecule has 2 heterocycles. The summed E-state index contributed by atoms with van der Waals surface area (Å²) < 4.78 is 7.65. The maximum atomic E-state index is 12.1. The van der Waals surface area contributed by atoms with E-state index in [0.717, 1.165) is 50.2 Å². The third kappa shape index (κ3) is 4.22. The first kappa shape index (κ1) is 17.5. The van der Waals surface area contributed by atoms with Gasteiger partial charge in [-0.3, -0.25) is 9.36 Å². The summed E-state index contributed by atoms with van der Waals surface area (Å²) in [4.78, 5) is 14.4. The number of rotatable bonds is 8. The largest absolute Gasteiger partial charge is 0.378 e. The van der Waals surface area contributed by atoms with E-state index < -0.39 is 0 Å². The summed E-state index contributed by atoms with van der Waals surface area (Å²) in [5.41, 5.74) is 0. The molecule has 0 radical (unpaired) electrons. The van der Waals surface area contributed by atoms with Crippen LogP contribution in [0.25, 0.3) is 0 Å². The first-order valence-corrected chi connectivity index (χ1v) is 9.91. The molecule has 2 aliphatic rings. The fraction of sp³-hybridized carbons (Fsp3) is 0.812. The summed E-state index contributed by atoms with van der Waals surface area (Å²) in [7, 11) is 0. The van der Waals surface area contributed by atoms with Crippen molar-refractivity contribution in [3.63, 3.8) is 0 Å². The lowest BCUT2D eigenvalue weighted by atomic mass is 10.2. The van der Waals surface area contributed by atoms with E-state index in [1.165, 1.54) is 24.6 Å². The van der Waals surface area contributed by atoms with Gasteiger partial charge in [-0.05, 0) is 25.7 Å². The average Bonchev–Trinajstić information content (AvgIpc) is 3.37. The van der Waals surface area contributed by atoms with Gasteiger partial charge in [0.25, 0.3) is 0 Å². The molecule has 1 N–H and O–H groups in total. The molecule has 1 amide bonds. The van der Waals surface area contributed by atoms with Gasteiger partial charge in [-0.25, -0.2) is 0 Å². The number of aromatic nitrogens is 3. The van der Waals surface area contributed by atoms with E-state index in [4.69, 9.17) is 4.74 Å². The molecule has 0 bridgehead atoms. The molecule has 1 saturated carbocycles. The Labute approximate surface area is 147 Å². The van der Waals surface area contributed by atoms with E-state index in [1.807, 2.05) is 0 Å². The molecule has 0 unspecified atom stereocenters. The van der Waals surface area contributed by atoms with Gasteiger partial charge in [-0.2, -0.15) is 0 Å². The van der Waals surface area contributed by atoms with Crippen molar-refractivity contribution in [3.8, 4) is 0 Å². The highest BCUT2D eigenvalue weighted by Gasteiger charge is 2.32. The van der Waals surface area contributed by atoms with Gasteiger partial charge in [0.05, 0.1) is 19.0 Å². The molecule has 1 aliphatic carbocycles. The molecule has 0 atom stereocenters. The molecular weight excluding hydrogens is 326 g/mol. The molecule has 1 aliphatic heterocycles. The van der Waals surface area contributed by atoms with Crippen LogP contribution in [-0.4, -0.2) is 58.8 Å². The van der Waals surface area contributed by atoms with Gasteiger partial charge in [0.1, 0.15) is 0 Å². The normalized spacial score (nSPS) is 18.2. The monoisotopic (exact) mass is 353 g/mol. The predicted octanol–water partition coefficient (Wildman–Crippen LogP) is 1.85. The first-order valence-electron chi connectivity index (χ1n) is 8.92. The Hall–Kier alpha value is -1.28. The summed E-state index contributed by atoms with van der Waals surface area (Å²) in [5.74, 6) is 1.40. The fourth-order valence-corrected chi connectivity index (χ4v) is 3.70. The lowest BCUT2D eigenvalue weighted by Crippen LogP contribution is -2.38. The van der Waals surface area contributed by atoms with Crippen LogP contribution >= 0.6 is 11.8 Å². The van der Waals surface area contributed by atoms with Crippen LogP contribution in [0.1, 0.15) is 45.6 Å². The third-order valence-electron chi connectivity index (χ3n) is 4.54. The molecule has 3 rings (SSSR count). The number of carbonyl (C=O) groups is 1. The van der Waals surface area contributed by atoms with Crippen LogP contribution in [-0.2, 0) is 9.53 Å². The predicted molar refractivity (Wildman–Crippen MR) is 94.6 cm³/mol. The second-order valence-corrected chi connectivity index (χ2v) is 7.30. The smallest absolute Gasteiger partial charge is 0.230 e. The SMILES string of the molecule is CCC(CC)NC(=O)CSc1nnc(N2CCOCC2)n1C1CC1. The van der Waals surface area contributed by atoms with E-state index in [9.17, 15) is 4.79 Å². The molecule has 2 fully saturated rings. The van der Waals surface area contributed by atoms with Crippen molar-refractivity contribution in [1.82, 2.24) is 20.1 Å². The average molecular weight is 353 g/mol.